The molecule has 6 nitrogen and oxygen atoms in total. The lowest BCUT2D eigenvalue weighted by Gasteiger charge is -2.25. The van der Waals surface area contributed by atoms with E-state index in [1.807, 2.05) is 53.2 Å². The van der Waals surface area contributed by atoms with E-state index in [2.05, 4.69) is 17.1 Å². The Hall–Kier alpha value is -3.84. The van der Waals surface area contributed by atoms with Crippen LogP contribution in [0, 0.1) is 0 Å². The monoisotopic (exact) mass is 498 g/mol. The van der Waals surface area contributed by atoms with Crippen LogP contribution in [0.3, 0.4) is 0 Å². The number of carboxylic acids is 1. The van der Waals surface area contributed by atoms with Crippen molar-refractivity contribution in [1.29, 1.82) is 0 Å². The number of carbonyl (C=O) groups excluding carboxylic acids is 1. The van der Waals surface area contributed by atoms with Crippen LogP contribution in [0.4, 0.5) is 0 Å². The molecule has 3 aromatic carbocycles. The number of fused-ring (bicyclic) bond motifs is 1. The Morgan fingerprint density at radius 3 is 2.58 bits per heavy atom. The van der Waals surface area contributed by atoms with Gasteiger partial charge in [-0.15, -0.1) is 11.8 Å². The van der Waals surface area contributed by atoms with Gasteiger partial charge in [-0.25, -0.2) is 9.78 Å². The first-order chi connectivity index (χ1) is 17.6. The van der Waals surface area contributed by atoms with Crippen LogP contribution in [-0.2, 0) is 18.7 Å². The van der Waals surface area contributed by atoms with Gasteiger partial charge in [0.2, 0.25) is 0 Å². The van der Waals surface area contributed by atoms with Crippen LogP contribution >= 0.6 is 11.8 Å². The maximum absolute atomic E-state index is 12.7. The molecular formula is C29H26N2O4S. The first kappa shape index (κ1) is 23.9. The number of carboxylic acid groups (broad SMARTS) is 1. The van der Waals surface area contributed by atoms with E-state index in [1.165, 1.54) is 0 Å². The molecule has 1 aromatic heterocycles. The number of nitrogens with zero attached hydrogens (tertiary/aromatic N) is 2. The zero-order valence-corrected chi connectivity index (χ0v) is 20.5. The van der Waals surface area contributed by atoms with Crippen molar-refractivity contribution < 1.29 is 19.4 Å². The molecular weight excluding hydrogens is 472 g/mol. The number of aromatic nitrogens is 2. The summed E-state index contributed by atoms with van der Waals surface area (Å²) in [5, 5.41) is 9.19. The number of carbonyl (C=O) groups is 2. The lowest BCUT2D eigenvalue weighted by atomic mass is 9.87. The molecule has 0 saturated heterocycles. The maximum atomic E-state index is 12.7. The molecule has 1 aliphatic carbocycles. The highest BCUT2D eigenvalue weighted by Crippen LogP contribution is 2.38. The molecule has 0 radical (unpaired) electrons. The van der Waals surface area contributed by atoms with Crippen molar-refractivity contribution in [2.45, 2.75) is 42.6 Å². The molecule has 182 valence electrons. The number of hydrogen-bond acceptors (Lipinski definition) is 5. The lowest BCUT2D eigenvalue weighted by molar-refractivity contribution is 0.0696. The molecule has 0 spiro atoms. The molecule has 0 fully saturated rings. The Bertz CT molecular complexity index is 1350. The summed E-state index contributed by atoms with van der Waals surface area (Å²) < 4.78 is 8.69. The molecule has 0 bridgehead atoms. The number of imidazole rings is 1. The lowest BCUT2D eigenvalue weighted by Crippen LogP contribution is -2.18. The highest BCUT2D eigenvalue weighted by atomic mass is 32.2. The minimum atomic E-state index is -0.942. The quantitative estimate of drug-likeness (QED) is 0.276. The summed E-state index contributed by atoms with van der Waals surface area (Å²) in [5.41, 5.74) is 4.20. The van der Waals surface area contributed by atoms with Crippen molar-refractivity contribution in [3.63, 3.8) is 0 Å². The number of ketones is 1. The van der Waals surface area contributed by atoms with E-state index in [0.29, 0.717) is 18.7 Å². The van der Waals surface area contributed by atoms with Gasteiger partial charge < -0.3 is 14.4 Å². The van der Waals surface area contributed by atoms with Crippen LogP contribution in [0.5, 0.6) is 5.75 Å². The van der Waals surface area contributed by atoms with Crippen LogP contribution in [0.25, 0.3) is 0 Å². The van der Waals surface area contributed by atoms with E-state index in [1.54, 1.807) is 36.4 Å². The minimum Gasteiger partial charge on any atom is -0.484 e. The van der Waals surface area contributed by atoms with Crippen LogP contribution in [0.2, 0.25) is 0 Å². The summed E-state index contributed by atoms with van der Waals surface area (Å²) in [5.74, 6) is 0.623. The van der Waals surface area contributed by atoms with Gasteiger partial charge in [0.1, 0.15) is 11.9 Å². The van der Waals surface area contributed by atoms with Gasteiger partial charge in [0.05, 0.1) is 18.4 Å². The predicted molar refractivity (Wildman–Crippen MR) is 139 cm³/mol. The molecule has 1 N–H and O–H groups in total. The second-order valence-electron chi connectivity index (χ2n) is 8.74. The molecule has 7 heteroatoms. The van der Waals surface area contributed by atoms with E-state index >= 15 is 0 Å². The first-order valence-electron chi connectivity index (χ1n) is 11.9. The Morgan fingerprint density at radius 1 is 1.06 bits per heavy atom. The molecule has 0 saturated carbocycles. The van der Waals surface area contributed by atoms with Gasteiger partial charge in [0.25, 0.3) is 0 Å². The van der Waals surface area contributed by atoms with Gasteiger partial charge in [-0.1, -0.05) is 30.3 Å². The molecule has 0 amide bonds. The third-order valence-electron chi connectivity index (χ3n) is 6.38. The summed E-state index contributed by atoms with van der Waals surface area (Å²) in [6.45, 7) is 0.600. The molecule has 0 unspecified atom stereocenters. The molecule has 0 aliphatic heterocycles. The van der Waals surface area contributed by atoms with E-state index in [9.17, 15) is 14.7 Å². The fraction of sp³-hybridized carbons (Fsp3) is 0.207. The number of ether oxygens (including phenoxy) is 1. The van der Waals surface area contributed by atoms with Crippen LogP contribution in [-0.4, -0.2) is 26.4 Å². The molecule has 5 rings (SSSR count). The van der Waals surface area contributed by atoms with Crippen LogP contribution in [0.15, 0.2) is 90.3 Å². The summed E-state index contributed by atoms with van der Waals surface area (Å²) in [6.07, 6.45) is 7.45. The zero-order valence-electron chi connectivity index (χ0n) is 19.7. The molecule has 4 aromatic rings. The van der Waals surface area contributed by atoms with Gasteiger partial charge in [0, 0.05) is 40.6 Å². The van der Waals surface area contributed by atoms with Gasteiger partial charge in [-0.2, -0.15) is 0 Å². The zero-order chi connectivity index (χ0) is 24.9. The third-order valence-corrected chi connectivity index (χ3v) is 7.42. The maximum Gasteiger partial charge on any atom is 0.335 e. The van der Waals surface area contributed by atoms with Crippen molar-refractivity contribution >= 4 is 23.5 Å². The number of aromatic carboxylic acids is 1. The molecule has 36 heavy (non-hydrogen) atoms. The number of rotatable bonds is 9. The van der Waals surface area contributed by atoms with Crippen molar-refractivity contribution in [1.82, 2.24) is 9.55 Å². The van der Waals surface area contributed by atoms with Crippen molar-refractivity contribution in [3.05, 3.63) is 113 Å². The minimum absolute atomic E-state index is 0.179. The SMILES string of the molecule is O=C(O)c1ccc(SCc2c(O[C@H](Cn3ccnc3)c3ccccc3)ccc3c2CCCC3=O)cc1. The smallest absolute Gasteiger partial charge is 0.335 e. The number of hydrogen-bond donors (Lipinski definition) is 1. The Morgan fingerprint density at radius 2 is 1.86 bits per heavy atom. The fourth-order valence-electron chi connectivity index (χ4n) is 4.51. The Balaban J connectivity index is 1.47. The predicted octanol–water partition coefficient (Wildman–Crippen LogP) is 6.21. The number of Topliss-reactive ketones (excluding diaryl/α,β-unsaturated/α-hetero) is 1. The summed E-state index contributed by atoms with van der Waals surface area (Å²) in [7, 11) is 0. The second-order valence-corrected chi connectivity index (χ2v) is 9.79. The summed E-state index contributed by atoms with van der Waals surface area (Å²) in [6, 6.07) is 20.8. The average molecular weight is 499 g/mol. The Kier molecular flexibility index (Phi) is 7.18. The van der Waals surface area contributed by atoms with E-state index in [-0.39, 0.29) is 17.5 Å². The van der Waals surface area contributed by atoms with E-state index in [4.69, 9.17) is 4.74 Å². The topological polar surface area (TPSA) is 81.4 Å². The van der Waals surface area contributed by atoms with Gasteiger partial charge >= 0.3 is 5.97 Å². The third kappa shape index (κ3) is 5.36. The number of thioether (sulfide) groups is 1. The fourth-order valence-corrected chi connectivity index (χ4v) is 5.47. The highest BCUT2D eigenvalue weighted by molar-refractivity contribution is 7.98. The van der Waals surface area contributed by atoms with Crippen LogP contribution < -0.4 is 4.74 Å². The highest BCUT2D eigenvalue weighted by Gasteiger charge is 2.24. The number of benzene rings is 3. The van der Waals surface area contributed by atoms with E-state index in [0.717, 1.165) is 45.7 Å². The molecule has 1 atom stereocenters. The van der Waals surface area contributed by atoms with Crippen LogP contribution in [0.1, 0.15) is 56.4 Å². The molecule has 1 aliphatic rings. The summed E-state index contributed by atoms with van der Waals surface area (Å²) in [4.78, 5) is 29.0. The Labute approximate surface area is 214 Å². The largest absolute Gasteiger partial charge is 0.484 e. The molecule has 1 heterocycles. The van der Waals surface area contributed by atoms with Crippen molar-refractivity contribution in [2.75, 3.05) is 0 Å². The van der Waals surface area contributed by atoms with Crippen molar-refractivity contribution in [3.8, 4) is 5.75 Å². The summed E-state index contributed by atoms with van der Waals surface area (Å²) >= 11 is 1.61. The van der Waals surface area contributed by atoms with Crippen molar-refractivity contribution in [2.24, 2.45) is 0 Å². The average Bonchev–Trinajstić information content (AvgIpc) is 3.42. The first-order valence-corrected chi connectivity index (χ1v) is 12.9. The van der Waals surface area contributed by atoms with Gasteiger partial charge in [-0.3, -0.25) is 4.79 Å². The van der Waals surface area contributed by atoms with Gasteiger partial charge in [0.15, 0.2) is 5.78 Å². The normalized spacial score (nSPS) is 13.7. The second kappa shape index (κ2) is 10.8. The van der Waals surface area contributed by atoms with E-state index < -0.39 is 5.97 Å². The van der Waals surface area contributed by atoms with Gasteiger partial charge in [-0.05, 0) is 60.4 Å². The standard InChI is InChI=1S/C29H26N2O4S/c32-26-8-4-7-23-24(26)13-14-27(25(23)18-36-22-11-9-21(10-12-22)29(33)34)35-28(17-31-16-15-30-19-31)20-5-2-1-3-6-20/h1-3,5-6,9-16,19,28H,4,7-8,17-18H2,(H,33,34)/t28-/m1/s1.